The fourth-order valence-corrected chi connectivity index (χ4v) is 3.02. The van der Waals surface area contributed by atoms with Crippen molar-refractivity contribution in [1.82, 2.24) is 4.90 Å². The lowest BCUT2D eigenvalue weighted by atomic mass is 10.2. The molecule has 0 aliphatic carbocycles. The number of unbranched alkanes of at least 4 members (excludes halogenated alkanes) is 1. The van der Waals surface area contributed by atoms with Crippen LogP contribution in [-0.2, 0) is 9.53 Å². The van der Waals surface area contributed by atoms with Crippen molar-refractivity contribution in [2.45, 2.75) is 32.2 Å². The zero-order valence-electron chi connectivity index (χ0n) is 9.19. The molecule has 0 saturated carbocycles. The predicted molar refractivity (Wildman–Crippen MR) is 67.1 cm³/mol. The first-order valence-electron chi connectivity index (χ1n) is 5.19. The normalized spacial score (nSPS) is 20.8. The number of esters is 1. The predicted octanol–water partition coefficient (Wildman–Crippen LogP) is 2.05. The van der Waals surface area contributed by atoms with E-state index in [-0.39, 0.29) is 12.0 Å². The zero-order valence-corrected chi connectivity index (χ0v) is 10.8. The number of rotatable bonds is 5. The first-order chi connectivity index (χ1) is 7.19. The summed E-state index contributed by atoms with van der Waals surface area (Å²) in [7, 11) is 1.43. The van der Waals surface area contributed by atoms with Crippen molar-refractivity contribution in [3.63, 3.8) is 0 Å². The largest absolute Gasteiger partial charge is 0.469 e. The maximum absolute atomic E-state index is 11.2. The highest BCUT2D eigenvalue weighted by molar-refractivity contribution is 8.23. The number of thioether (sulfide) groups is 1. The fourth-order valence-electron chi connectivity index (χ4n) is 1.54. The first kappa shape index (κ1) is 12.8. The molecule has 1 aliphatic heterocycles. The van der Waals surface area contributed by atoms with Gasteiger partial charge < -0.3 is 9.64 Å². The van der Waals surface area contributed by atoms with E-state index in [0.717, 1.165) is 29.5 Å². The van der Waals surface area contributed by atoms with Crippen LogP contribution in [-0.4, -0.2) is 40.6 Å². The molecular weight excluding hydrogens is 230 g/mol. The average Bonchev–Trinajstić information content (AvgIpc) is 2.57. The van der Waals surface area contributed by atoms with Gasteiger partial charge in [-0.2, -0.15) is 0 Å². The van der Waals surface area contributed by atoms with Crippen LogP contribution >= 0.6 is 24.0 Å². The van der Waals surface area contributed by atoms with E-state index in [2.05, 4.69) is 16.6 Å². The van der Waals surface area contributed by atoms with Crippen molar-refractivity contribution < 1.29 is 9.53 Å². The lowest BCUT2D eigenvalue weighted by Crippen LogP contribution is -2.35. The number of ether oxygens (including phenoxy) is 1. The van der Waals surface area contributed by atoms with Crippen molar-refractivity contribution in [1.29, 1.82) is 0 Å². The van der Waals surface area contributed by atoms with E-state index in [0.29, 0.717) is 6.42 Å². The molecule has 0 radical (unpaired) electrons. The van der Waals surface area contributed by atoms with E-state index < -0.39 is 0 Å². The van der Waals surface area contributed by atoms with E-state index in [4.69, 9.17) is 12.2 Å². The second-order valence-corrected chi connectivity index (χ2v) is 5.21. The maximum Gasteiger partial charge on any atom is 0.307 e. The van der Waals surface area contributed by atoms with E-state index in [1.165, 1.54) is 7.11 Å². The smallest absolute Gasteiger partial charge is 0.307 e. The third kappa shape index (κ3) is 3.65. The van der Waals surface area contributed by atoms with Gasteiger partial charge >= 0.3 is 5.97 Å². The van der Waals surface area contributed by atoms with Gasteiger partial charge in [0.2, 0.25) is 0 Å². The molecule has 0 aromatic heterocycles. The lowest BCUT2D eigenvalue weighted by molar-refractivity contribution is -0.141. The molecule has 0 amide bonds. The van der Waals surface area contributed by atoms with E-state index in [1.54, 1.807) is 11.8 Å². The molecule has 1 fully saturated rings. The number of methoxy groups -OCH3 is 1. The van der Waals surface area contributed by atoms with Crippen molar-refractivity contribution in [3.8, 4) is 0 Å². The molecule has 86 valence electrons. The van der Waals surface area contributed by atoms with Gasteiger partial charge in [-0.05, 0) is 6.42 Å². The highest BCUT2D eigenvalue weighted by Gasteiger charge is 2.30. The monoisotopic (exact) mass is 247 g/mol. The molecule has 1 aliphatic rings. The lowest BCUT2D eigenvalue weighted by Gasteiger charge is -2.24. The topological polar surface area (TPSA) is 29.5 Å². The van der Waals surface area contributed by atoms with Gasteiger partial charge in [0, 0.05) is 12.3 Å². The van der Waals surface area contributed by atoms with Crippen molar-refractivity contribution in [2.24, 2.45) is 0 Å². The van der Waals surface area contributed by atoms with Gasteiger partial charge in [0.1, 0.15) is 4.32 Å². The van der Waals surface area contributed by atoms with Crippen molar-refractivity contribution in [3.05, 3.63) is 0 Å². The number of thiocarbonyl (C=S) groups is 1. The molecule has 3 nitrogen and oxygen atoms in total. The van der Waals surface area contributed by atoms with Gasteiger partial charge in [-0.3, -0.25) is 4.79 Å². The van der Waals surface area contributed by atoms with E-state index in [1.807, 2.05) is 0 Å². The second kappa shape index (κ2) is 6.33. The Bertz CT molecular complexity index is 246. The third-order valence-corrected chi connectivity index (χ3v) is 4.08. The summed E-state index contributed by atoms with van der Waals surface area (Å²) in [5, 5.41) is 0. The van der Waals surface area contributed by atoms with Gasteiger partial charge in [0.05, 0.1) is 19.6 Å². The van der Waals surface area contributed by atoms with Crippen LogP contribution in [0, 0.1) is 0 Å². The Morgan fingerprint density at radius 3 is 3.07 bits per heavy atom. The molecule has 15 heavy (non-hydrogen) atoms. The maximum atomic E-state index is 11.2. The fraction of sp³-hybridized carbons (Fsp3) is 0.800. The van der Waals surface area contributed by atoms with Gasteiger partial charge in [0.15, 0.2) is 0 Å². The summed E-state index contributed by atoms with van der Waals surface area (Å²) in [6.07, 6.45) is 2.72. The van der Waals surface area contributed by atoms with E-state index >= 15 is 0 Å². The Morgan fingerprint density at radius 1 is 1.73 bits per heavy atom. The first-order valence-corrected chi connectivity index (χ1v) is 6.58. The summed E-state index contributed by atoms with van der Waals surface area (Å²) in [6.45, 7) is 3.12. The van der Waals surface area contributed by atoms with Crippen molar-refractivity contribution in [2.75, 3.05) is 19.4 Å². The molecule has 5 heteroatoms. The summed E-state index contributed by atoms with van der Waals surface area (Å²) < 4.78 is 5.61. The van der Waals surface area contributed by atoms with Crippen LogP contribution in [0.4, 0.5) is 0 Å². The summed E-state index contributed by atoms with van der Waals surface area (Å²) in [6, 6.07) is 0.237. The minimum absolute atomic E-state index is 0.146. The summed E-state index contributed by atoms with van der Waals surface area (Å²) in [5.74, 6) is 0.768. The summed E-state index contributed by atoms with van der Waals surface area (Å²) in [4.78, 5) is 13.4. The molecule has 0 N–H and O–H groups in total. The molecule has 1 unspecified atom stereocenters. The summed E-state index contributed by atoms with van der Waals surface area (Å²) in [5.41, 5.74) is 0. The minimum atomic E-state index is -0.146. The number of nitrogens with zero attached hydrogens (tertiary/aromatic N) is 1. The Balaban J connectivity index is 2.47. The molecule has 0 bridgehead atoms. The molecule has 1 saturated heterocycles. The van der Waals surface area contributed by atoms with Crippen LogP contribution in [0.2, 0.25) is 0 Å². The standard InChI is InChI=1S/C10H17NO2S2/c1-3-4-5-11-8(6-9(12)13-2)7-15-10(11)14/h8H,3-7H2,1-2H3. The van der Waals surface area contributed by atoms with Crippen LogP contribution in [0.1, 0.15) is 26.2 Å². The average molecular weight is 247 g/mol. The Labute approximate surface area is 101 Å². The van der Waals surface area contributed by atoms with E-state index in [9.17, 15) is 4.79 Å². The van der Waals surface area contributed by atoms with Gasteiger partial charge in [0.25, 0.3) is 0 Å². The third-order valence-electron chi connectivity index (χ3n) is 2.46. The zero-order chi connectivity index (χ0) is 11.3. The van der Waals surface area contributed by atoms with Gasteiger partial charge in [-0.15, -0.1) is 0 Å². The number of hydrogen-bond donors (Lipinski definition) is 0. The van der Waals surface area contributed by atoms with Gasteiger partial charge in [-0.1, -0.05) is 37.3 Å². The van der Waals surface area contributed by atoms with Crippen LogP contribution in [0.15, 0.2) is 0 Å². The Kier molecular flexibility index (Phi) is 5.39. The number of carbonyl (C=O) groups is 1. The molecule has 0 aromatic rings. The van der Waals surface area contributed by atoms with Gasteiger partial charge in [-0.25, -0.2) is 0 Å². The molecular formula is C10H17NO2S2. The highest BCUT2D eigenvalue weighted by Crippen LogP contribution is 2.26. The minimum Gasteiger partial charge on any atom is -0.469 e. The molecule has 0 spiro atoms. The second-order valence-electron chi connectivity index (χ2n) is 3.56. The van der Waals surface area contributed by atoms with Crippen LogP contribution in [0.25, 0.3) is 0 Å². The molecule has 1 heterocycles. The Morgan fingerprint density at radius 2 is 2.47 bits per heavy atom. The highest BCUT2D eigenvalue weighted by atomic mass is 32.2. The number of carbonyl (C=O) groups excluding carboxylic acids is 1. The van der Waals surface area contributed by atoms with Crippen LogP contribution in [0.5, 0.6) is 0 Å². The van der Waals surface area contributed by atoms with Crippen LogP contribution < -0.4 is 0 Å². The summed E-state index contributed by atoms with van der Waals surface area (Å²) >= 11 is 6.92. The Hall–Kier alpha value is -0.290. The SMILES string of the molecule is CCCCN1C(=S)SCC1CC(=O)OC. The molecule has 0 aromatic carbocycles. The quantitative estimate of drug-likeness (QED) is 0.548. The molecule has 1 rings (SSSR count). The number of hydrogen-bond acceptors (Lipinski definition) is 4. The van der Waals surface area contributed by atoms with Crippen molar-refractivity contribution >= 4 is 34.3 Å². The van der Waals surface area contributed by atoms with Crippen LogP contribution in [0.3, 0.4) is 0 Å². The molecule has 1 atom stereocenters.